The van der Waals surface area contributed by atoms with Crippen molar-refractivity contribution >= 4 is 34.8 Å². The second-order valence-electron chi connectivity index (χ2n) is 4.64. The van der Waals surface area contributed by atoms with E-state index in [0.717, 1.165) is 0 Å². The van der Waals surface area contributed by atoms with Crippen molar-refractivity contribution in [3.05, 3.63) is 46.1 Å². The summed E-state index contributed by atoms with van der Waals surface area (Å²) in [6.45, 7) is 0. The van der Waals surface area contributed by atoms with Crippen molar-refractivity contribution in [1.82, 2.24) is 4.98 Å². The molecule has 1 amide bonds. The second kappa shape index (κ2) is 7.59. The highest BCUT2D eigenvalue weighted by Gasteiger charge is 2.31. The lowest BCUT2D eigenvalue weighted by molar-refractivity contribution is -0.137. The molecule has 25 heavy (non-hydrogen) atoms. The molecule has 0 unspecified atom stereocenters. The van der Waals surface area contributed by atoms with Crippen molar-refractivity contribution in [3.63, 3.8) is 0 Å². The van der Waals surface area contributed by atoms with Crippen molar-refractivity contribution in [2.75, 3.05) is 5.32 Å². The van der Waals surface area contributed by atoms with E-state index in [9.17, 15) is 18.0 Å². The first kappa shape index (κ1) is 18.8. The van der Waals surface area contributed by atoms with Crippen LogP contribution < -0.4 is 10.1 Å². The van der Waals surface area contributed by atoms with Crippen LogP contribution in [0.25, 0.3) is 0 Å². The number of carbonyl (C=O) groups is 1. The zero-order valence-corrected chi connectivity index (χ0v) is 13.7. The lowest BCUT2D eigenvalue weighted by Gasteiger charge is -2.12. The molecule has 0 radical (unpaired) electrons. The van der Waals surface area contributed by atoms with Gasteiger partial charge in [0.1, 0.15) is 17.2 Å². The number of aromatic nitrogens is 1. The van der Waals surface area contributed by atoms with Crippen LogP contribution >= 0.6 is 23.2 Å². The highest BCUT2D eigenvalue weighted by atomic mass is 35.5. The Hall–Kier alpha value is -2.50. The summed E-state index contributed by atoms with van der Waals surface area (Å²) >= 11 is 11.8. The van der Waals surface area contributed by atoms with Crippen LogP contribution in [0, 0.1) is 11.3 Å². The van der Waals surface area contributed by atoms with E-state index in [1.165, 1.54) is 18.2 Å². The minimum absolute atomic E-state index is 0.0625. The Kier molecular flexibility index (Phi) is 5.72. The van der Waals surface area contributed by atoms with E-state index in [-0.39, 0.29) is 28.1 Å². The van der Waals surface area contributed by atoms with Gasteiger partial charge in [-0.15, -0.1) is 0 Å². The van der Waals surface area contributed by atoms with E-state index in [1.807, 2.05) is 0 Å². The molecule has 0 saturated heterocycles. The SMILES string of the molecule is N#CCC(=O)Nc1ccc(Oc2ncc(C(F)(F)F)cc2Cl)c(Cl)c1. The third kappa shape index (κ3) is 4.98. The quantitative estimate of drug-likeness (QED) is 0.793. The summed E-state index contributed by atoms with van der Waals surface area (Å²) < 4.78 is 43.0. The summed E-state index contributed by atoms with van der Waals surface area (Å²) in [5, 5.41) is 10.6. The second-order valence-corrected chi connectivity index (χ2v) is 5.45. The van der Waals surface area contributed by atoms with E-state index in [1.54, 1.807) is 6.07 Å². The highest BCUT2D eigenvalue weighted by Crippen LogP contribution is 2.37. The van der Waals surface area contributed by atoms with Gasteiger partial charge in [-0.2, -0.15) is 18.4 Å². The molecule has 10 heteroatoms. The number of anilines is 1. The number of benzene rings is 1. The average Bonchev–Trinajstić information content (AvgIpc) is 2.50. The largest absolute Gasteiger partial charge is 0.436 e. The number of halogens is 5. The predicted octanol–water partition coefficient (Wildman–Crippen LogP) is 5.05. The Morgan fingerprint density at radius 1 is 1.28 bits per heavy atom. The molecule has 0 aliphatic heterocycles. The number of nitrogens with one attached hydrogen (secondary N) is 1. The van der Waals surface area contributed by atoms with Crippen molar-refractivity contribution in [2.24, 2.45) is 0 Å². The van der Waals surface area contributed by atoms with Gasteiger partial charge < -0.3 is 10.1 Å². The number of nitrogens with zero attached hydrogens (tertiary/aromatic N) is 2. The average molecular weight is 390 g/mol. The van der Waals surface area contributed by atoms with Crippen LogP contribution in [-0.4, -0.2) is 10.9 Å². The summed E-state index contributed by atoms with van der Waals surface area (Å²) in [5.74, 6) is -0.688. The molecule has 1 aromatic heterocycles. The number of hydrogen-bond donors (Lipinski definition) is 1. The van der Waals surface area contributed by atoms with Crippen LogP contribution in [0.2, 0.25) is 10.0 Å². The number of ether oxygens (including phenoxy) is 1. The smallest absolute Gasteiger partial charge is 0.417 e. The third-order valence-electron chi connectivity index (χ3n) is 2.80. The van der Waals surface area contributed by atoms with Crippen LogP contribution in [0.4, 0.5) is 18.9 Å². The van der Waals surface area contributed by atoms with Gasteiger partial charge in [-0.1, -0.05) is 23.2 Å². The molecule has 0 aliphatic rings. The summed E-state index contributed by atoms with van der Waals surface area (Å²) in [7, 11) is 0. The summed E-state index contributed by atoms with van der Waals surface area (Å²) in [4.78, 5) is 14.9. The lowest BCUT2D eigenvalue weighted by Crippen LogP contribution is -2.10. The highest BCUT2D eigenvalue weighted by molar-refractivity contribution is 6.33. The monoisotopic (exact) mass is 389 g/mol. The first-order valence-electron chi connectivity index (χ1n) is 6.57. The zero-order chi connectivity index (χ0) is 18.6. The maximum atomic E-state index is 12.6. The Bertz CT molecular complexity index is 851. The van der Waals surface area contributed by atoms with Crippen molar-refractivity contribution in [2.45, 2.75) is 12.6 Å². The fourth-order valence-corrected chi connectivity index (χ4v) is 2.12. The number of alkyl halides is 3. The van der Waals surface area contributed by atoms with Crippen LogP contribution in [0.5, 0.6) is 11.6 Å². The Balaban J connectivity index is 2.18. The van der Waals surface area contributed by atoms with Gasteiger partial charge in [0, 0.05) is 11.9 Å². The standard InChI is InChI=1S/C15H8Cl2F3N3O2/c16-10-6-9(23-13(24)3-4-21)1-2-12(10)25-14-11(17)5-8(7-22-14)15(18,19)20/h1-2,5-7H,3H2,(H,23,24). The van der Waals surface area contributed by atoms with Gasteiger partial charge in [0.05, 0.1) is 16.7 Å². The number of rotatable bonds is 4. The first-order valence-corrected chi connectivity index (χ1v) is 7.33. The fourth-order valence-electron chi connectivity index (χ4n) is 1.70. The predicted molar refractivity (Wildman–Crippen MR) is 84.6 cm³/mol. The topological polar surface area (TPSA) is 75.0 Å². The third-order valence-corrected chi connectivity index (χ3v) is 3.36. The van der Waals surface area contributed by atoms with E-state index >= 15 is 0 Å². The molecule has 2 aromatic rings. The number of carbonyl (C=O) groups excluding carboxylic acids is 1. The minimum Gasteiger partial charge on any atom is -0.436 e. The van der Waals surface area contributed by atoms with Crippen molar-refractivity contribution < 1.29 is 22.7 Å². The molecule has 0 saturated carbocycles. The Labute approximate surface area is 149 Å². The van der Waals surface area contributed by atoms with Crippen LogP contribution in [0.3, 0.4) is 0 Å². The van der Waals surface area contributed by atoms with E-state index in [4.69, 9.17) is 33.2 Å². The lowest BCUT2D eigenvalue weighted by atomic mass is 10.2. The molecular weight excluding hydrogens is 382 g/mol. The van der Waals surface area contributed by atoms with Gasteiger partial charge in [-0.25, -0.2) is 4.98 Å². The van der Waals surface area contributed by atoms with Gasteiger partial charge in [-0.05, 0) is 24.3 Å². The molecular formula is C15H8Cl2F3N3O2. The first-order chi connectivity index (χ1) is 11.7. The molecule has 1 aromatic carbocycles. The van der Waals surface area contributed by atoms with Gasteiger partial charge in [0.15, 0.2) is 0 Å². The Morgan fingerprint density at radius 2 is 2.00 bits per heavy atom. The maximum Gasteiger partial charge on any atom is 0.417 e. The van der Waals surface area contributed by atoms with Gasteiger partial charge in [-0.3, -0.25) is 4.79 Å². The number of hydrogen-bond acceptors (Lipinski definition) is 4. The van der Waals surface area contributed by atoms with E-state index < -0.39 is 17.6 Å². The molecule has 1 N–H and O–H groups in total. The van der Waals surface area contributed by atoms with E-state index in [0.29, 0.717) is 18.0 Å². The zero-order valence-electron chi connectivity index (χ0n) is 12.2. The Morgan fingerprint density at radius 3 is 2.56 bits per heavy atom. The summed E-state index contributed by atoms with van der Waals surface area (Å²) in [5.41, 5.74) is -0.685. The number of amides is 1. The van der Waals surface area contributed by atoms with Gasteiger partial charge in [0.2, 0.25) is 11.8 Å². The molecule has 5 nitrogen and oxygen atoms in total. The molecule has 2 rings (SSSR count). The molecule has 0 aliphatic carbocycles. The number of nitriles is 1. The molecule has 130 valence electrons. The number of pyridine rings is 1. The van der Waals surface area contributed by atoms with Crippen LogP contribution in [0.15, 0.2) is 30.5 Å². The van der Waals surface area contributed by atoms with Crippen LogP contribution in [0.1, 0.15) is 12.0 Å². The van der Waals surface area contributed by atoms with Gasteiger partial charge >= 0.3 is 6.18 Å². The summed E-state index contributed by atoms with van der Waals surface area (Å²) in [6, 6.07) is 6.55. The molecule has 1 heterocycles. The summed E-state index contributed by atoms with van der Waals surface area (Å²) in [6.07, 6.45) is -4.30. The van der Waals surface area contributed by atoms with Crippen molar-refractivity contribution in [3.8, 4) is 17.7 Å². The molecule has 0 atom stereocenters. The fraction of sp³-hybridized carbons (Fsp3) is 0.133. The molecule has 0 bridgehead atoms. The van der Waals surface area contributed by atoms with E-state index in [2.05, 4.69) is 10.3 Å². The molecule has 0 spiro atoms. The molecule has 0 fully saturated rings. The van der Waals surface area contributed by atoms with Gasteiger partial charge in [0.25, 0.3) is 0 Å². The van der Waals surface area contributed by atoms with Crippen LogP contribution in [-0.2, 0) is 11.0 Å². The minimum atomic E-state index is -4.57. The van der Waals surface area contributed by atoms with Crippen molar-refractivity contribution in [1.29, 1.82) is 5.26 Å². The normalized spacial score (nSPS) is 10.9. The maximum absolute atomic E-state index is 12.6.